The Morgan fingerprint density at radius 2 is 1.85 bits per heavy atom. The first-order valence-electron chi connectivity index (χ1n) is 8.70. The lowest BCUT2D eigenvalue weighted by Gasteiger charge is -2.09. The summed E-state index contributed by atoms with van der Waals surface area (Å²) in [5, 5.41) is 14.2. The molecule has 134 valence electrons. The lowest BCUT2D eigenvalue weighted by atomic mass is 10.2. The second-order valence-electron chi connectivity index (χ2n) is 6.44. The molecule has 4 aromatic rings. The Bertz CT molecular complexity index is 1110. The van der Waals surface area contributed by atoms with E-state index in [-0.39, 0.29) is 0 Å². The minimum atomic E-state index is 0.469. The molecular weight excluding hydrogens is 424 g/mol. The van der Waals surface area contributed by atoms with Crippen molar-refractivity contribution in [1.29, 1.82) is 0 Å². The molecule has 0 spiro atoms. The van der Waals surface area contributed by atoms with Crippen molar-refractivity contribution < 1.29 is 0 Å². The Morgan fingerprint density at radius 3 is 2.67 bits per heavy atom. The molecule has 0 N–H and O–H groups in total. The topological polar surface area (TPSA) is 69.4 Å². The summed E-state index contributed by atoms with van der Waals surface area (Å²) >= 11 is 5.13. The first kappa shape index (κ1) is 16.8. The Hall–Kier alpha value is -2.32. The minimum Gasteiger partial charge on any atom is -0.228 e. The molecule has 1 saturated carbocycles. The zero-order chi connectivity index (χ0) is 18.2. The largest absolute Gasteiger partial charge is 0.228 e. The Kier molecular flexibility index (Phi) is 4.37. The second kappa shape index (κ2) is 7.01. The number of fused-ring (bicyclic) bond motifs is 1. The molecule has 8 heteroatoms. The van der Waals surface area contributed by atoms with Gasteiger partial charge in [-0.2, -0.15) is 0 Å². The number of para-hydroxylation sites is 1. The Morgan fingerprint density at radius 1 is 1.04 bits per heavy atom. The summed E-state index contributed by atoms with van der Waals surface area (Å²) in [4.78, 5) is 9.60. The van der Waals surface area contributed by atoms with Crippen molar-refractivity contribution >= 4 is 38.6 Å². The van der Waals surface area contributed by atoms with E-state index < -0.39 is 0 Å². The van der Waals surface area contributed by atoms with Crippen LogP contribution >= 0.6 is 27.7 Å². The van der Waals surface area contributed by atoms with Crippen LogP contribution in [-0.2, 0) is 5.75 Å². The predicted octanol–water partition coefficient (Wildman–Crippen LogP) is 4.67. The molecule has 27 heavy (non-hydrogen) atoms. The van der Waals surface area contributed by atoms with Gasteiger partial charge < -0.3 is 0 Å². The molecule has 2 aromatic carbocycles. The Labute approximate surface area is 168 Å². The number of rotatable bonds is 5. The molecule has 2 aromatic heterocycles. The summed E-state index contributed by atoms with van der Waals surface area (Å²) < 4.78 is 2.99. The van der Waals surface area contributed by atoms with Gasteiger partial charge in [-0.15, -0.1) is 5.10 Å². The van der Waals surface area contributed by atoms with Gasteiger partial charge in [0.2, 0.25) is 0 Å². The molecule has 0 radical (unpaired) electrons. The average Bonchev–Trinajstić information content (AvgIpc) is 3.44. The average molecular weight is 439 g/mol. The number of aromatic nitrogens is 6. The van der Waals surface area contributed by atoms with Crippen LogP contribution in [0.1, 0.15) is 24.7 Å². The van der Waals surface area contributed by atoms with Gasteiger partial charge in [-0.3, -0.25) is 0 Å². The van der Waals surface area contributed by atoms with Gasteiger partial charge in [-0.05, 0) is 41.5 Å². The Balaban J connectivity index is 1.51. The molecule has 0 saturated heterocycles. The lowest BCUT2D eigenvalue weighted by Crippen LogP contribution is -2.02. The number of hydrogen-bond donors (Lipinski definition) is 0. The summed E-state index contributed by atoms with van der Waals surface area (Å²) in [6, 6.07) is 16.6. The highest BCUT2D eigenvalue weighted by Crippen LogP contribution is 2.36. The minimum absolute atomic E-state index is 0.469. The molecule has 1 aliphatic rings. The fourth-order valence-electron chi connectivity index (χ4n) is 2.93. The standard InChI is InChI=1S/C19H15BrN6S/c20-13-7-5-12(6-8-13)18-21-16-4-2-1-3-15(16)19(22-18)27-11-17-23-24-25-26(17)14-9-10-14/h1-8,14H,9-11H2. The SMILES string of the molecule is Brc1ccc(-c2nc(SCc3nnnn3C3CC3)c3ccccc3n2)cc1. The molecule has 1 fully saturated rings. The zero-order valence-corrected chi connectivity index (χ0v) is 16.7. The zero-order valence-electron chi connectivity index (χ0n) is 14.3. The summed E-state index contributed by atoms with van der Waals surface area (Å²) in [7, 11) is 0. The monoisotopic (exact) mass is 438 g/mol. The fraction of sp³-hybridized carbons (Fsp3) is 0.211. The van der Waals surface area contributed by atoms with Crippen LogP contribution in [-0.4, -0.2) is 30.2 Å². The number of benzene rings is 2. The van der Waals surface area contributed by atoms with Crippen LogP contribution in [0.15, 0.2) is 58.0 Å². The fourth-order valence-corrected chi connectivity index (χ4v) is 4.13. The van der Waals surface area contributed by atoms with E-state index in [1.807, 2.05) is 47.1 Å². The molecular formula is C19H15BrN6S. The van der Waals surface area contributed by atoms with E-state index in [9.17, 15) is 0 Å². The molecule has 2 heterocycles. The van der Waals surface area contributed by atoms with Crippen LogP contribution in [0.5, 0.6) is 0 Å². The third-order valence-corrected chi connectivity index (χ3v) is 5.98. The van der Waals surface area contributed by atoms with Crippen molar-refractivity contribution in [2.45, 2.75) is 29.7 Å². The van der Waals surface area contributed by atoms with Crippen LogP contribution in [0.25, 0.3) is 22.3 Å². The molecule has 5 rings (SSSR count). The van der Waals surface area contributed by atoms with Crippen molar-refractivity contribution in [2.75, 3.05) is 0 Å². The van der Waals surface area contributed by atoms with E-state index in [1.54, 1.807) is 11.8 Å². The van der Waals surface area contributed by atoms with E-state index >= 15 is 0 Å². The third kappa shape index (κ3) is 3.46. The van der Waals surface area contributed by atoms with E-state index in [2.05, 4.69) is 37.5 Å². The highest BCUT2D eigenvalue weighted by molar-refractivity contribution is 9.10. The van der Waals surface area contributed by atoms with Crippen molar-refractivity contribution in [3.05, 3.63) is 58.8 Å². The van der Waals surface area contributed by atoms with E-state index in [4.69, 9.17) is 9.97 Å². The molecule has 0 amide bonds. The van der Waals surface area contributed by atoms with Crippen molar-refractivity contribution in [3.63, 3.8) is 0 Å². The number of hydrogen-bond acceptors (Lipinski definition) is 6. The second-order valence-corrected chi connectivity index (χ2v) is 8.32. The normalized spacial score (nSPS) is 14.0. The summed E-state index contributed by atoms with van der Waals surface area (Å²) in [5.74, 6) is 2.31. The van der Waals surface area contributed by atoms with Gasteiger partial charge in [0, 0.05) is 15.4 Å². The quantitative estimate of drug-likeness (QED) is 0.333. The lowest BCUT2D eigenvalue weighted by molar-refractivity contribution is 0.593. The smallest absolute Gasteiger partial charge is 0.161 e. The van der Waals surface area contributed by atoms with Crippen LogP contribution in [0.3, 0.4) is 0 Å². The van der Waals surface area contributed by atoms with Gasteiger partial charge in [0.05, 0.1) is 17.3 Å². The highest BCUT2D eigenvalue weighted by Gasteiger charge is 2.27. The van der Waals surface area contributed by atoms with Crippen molar-refractivity contribution in [3.8, 4) is 11.4 Å². The number of halogens is 1. The van der Waals surface area contributed by atoms with Crippen molar-refractivity contribution in [1.82, 2.24) is 30.2 Å². The maximum absolute atomic E-state index is 4.85. The van der Waals surface area contributed by atoms with E-state index in [0.717, 1.165) is 50.5 Å². The van der Waals surface area contributed by atoms with Crippen LogP contribution in [0.2, 0.25) is 0 Å². The van der Waals surface area contributed by atoms with Gasteiger partial charge in [0.15, 0.2) is 11.6 Å². The van der Waals surface area contributed by atoms with Crippen LogP contribution < -0.4 is 0 Å². The van der Waals surface area contributed by atoms with Crippen molar-refractivity contribution in [2.24, 2.45) is 0 Å². The first-order chi connectivity index (χ1) is 13.3. The molecule has 0 aliphatic heterocycles. The molecule has 0 unspecified atom stereocenters. The van der Waals surface area contributed by atoms with Gasteiger partial charge in [-0.25, -0.2) is 14.6 Å². The summed E-state index contributed by atoms with van der Waals surface area (Å²) in [6.45, 7) is 0. The van der Waals surface area contributed by atoms with Crippen LogP contribution in [0, 0.1) is 0 Å². The third-order valence-electron chi connectivity index (χ3n) is 4.46. The van der Waals surface area contributed by atoms with Gasteiger partial charge >= 0.3 is 0 Å². The van der Waals surface area contributed by atoms with Crippen LogP contribution in [0.4, 0.5) is 0 Å². The maximum atomic E-state index is 4.85. The highest BCUT2D eigenvalue weighted by atomic mass is 79.9. The summed E-state index contributed by atoms with van der Waals surface area (Å²) in [5.41, 5.74) is 1.93. The molecule has 6 nitrogen and oxygen atoms in total. The van der Waals surface area contributed by atoms with Gasteiger partial charge in [0.25, 0.3) is 0 Å². The van der Waals surface area contributed by atoms with E-state index in [0.29, 0.717) is 11.8 Å². The van der Waals surface area contributed by atoms with Gasteiger partial charge in [-0.1, -0.05) is 58.0 Å². The number of thioether (sulfide) groups is 1. The number of nitrogens with zero attached hydrogens (tertiary/aromatic N) is 6. The number of tetrazole rings is 1. The maximum Gasteiger partial charge on any atom is 0.161 e. The molecule has 1 aliphatic carbocycles. The van der Waals surface area contributed by atoms with E-state index in [1.165, 1.54) is 0 Å². The molecule has 0 atom stereocenters. The predicted molar refractivity (Wildman–Crippen MR) is 108 cm³/mol. The summed E-state index contributed by atoms with van der Waals surface area (Å²) in [6.07, 6.45) is 2.32. The van der Waals surface area contributed by atoms with Gasteiger partial charge in [0.1, 0.15) is 5.03 Å². The molecule has 0 bridgehead atoms. The first-order valence-corrected chi connectivity index (χ1v) is 10.5.